The summed E-state index contributed by atoms with van der Waals surface area (Å²) < 4.78 is 6.93. The van der Waals surface area contributed by atoms with Crippen molar-refractivity contribution in [1.82, 2.24) is 29.1 Å². The van der Waals surface area contributed by atoms with Crippen molar-refractivity contribution in [2.75, 3.05) is 0 Å². The van der Waals surface area contributed by atoms with Gasteiger partial charge in [0.05, 0.1) is 22.1 Å². The van der Waals surface area contributed by atoms with E-state index in [2.05, 4.69) is 185 Å². The van der Waals surface area contributed by atoms with Crippen LogP contribution in [0.4, 0.5) is 0 Å². The minimum Gasteiger partial charge on any atom is -0.309 e. The van der Waals surface area contributed by atoms with E-state index in [1.165, 1.54) is 15.5 Å². The van der Waals surface area contributed by atoms with Gasteiger partial charge < -0.3 is 4.57 Å². The summed E-state index contributed by atoms with van der Waals surface area (Å²) in [6.45, 7) is 0. The van der Waals surface area contributed by atoms with Crippen LogP contribution in [-0.4, -0.2) is 29.1 Å². The monoisotopic (exact) mass is 772 g/mol. The Morgan fingerprint density at radius 3 is 1.61 bits per heavy atom. The first-order valence-corrected chi connectivity index (χ1v) is 20.5. The molecule has 0 spiro atoms. The normalized spacial score (nSPS) is 11.7. The fourth-order valence-corrected chi connectivity index (χ4v) is 9.77. The Hall–Kier alpha value is -7.74. The molecule has 0 bridgehead atoms. The van der Waals surface area contributed by atoms with Gasteiger partial charge in [-0.3, -0.25) is 4.57 Å². The predicted molar refractivity (Wildman–Crippen MR) is 243 cm³/mol. The van der Waals surface area contributed by atoms with Crippen LogP contribution >= 0.6 is 11.3 Å². The molecule has 7 heteroatoms. The van der Waals surface area contributed by atoms with Crippen molar-refractivity contribution in [2.24, 2.45) is 0 Å². The van der Waals surface area contributed by atoms with E-state index in [0.717, 1.165) is 77.0 Å². The van der Waals surface area contributed by atoms with Crippen LogP contribution in [0.25, 0.3) is 110 Å². The molecular weight excluding hydrogens is 741 g/mol. The molecule has 59 heavy (non-hydrogen) atoms. The van der Waals surface area contributed by atoms with Gasteiger partial charge in [-0.15, -0.1) is 11.3 Å². The van der Waals surface area contributed by atoms with Crippen molar-refractivity contribution < 1.29 is 0 Å². The maximum absolute atomic E-state index is 5.34. The van der Waals surface area contributed by atoms with E-state index in [1.54, 1.807) is 11.3 Å². The molecule has 0 aliphatic heterocycles. The van der Waals surface area contributed by atoms with Gasteiger partial charge in [0.25, 0.3) is 0 Å². The zero-order chi connectivity index (χ0) is 38.9. The SMILES string of the molecule is c1ccc(-c2nc(-c3cccc(-n4c5ccccc5c5ccccc54)c3)nc(-c3cccc4sc5cccc(-c6nc7ccccc7n6-c6ccccc6)c5c34)n2)cc1. The Kier molecular flexibility index (Phi) is 7.61. The first-order chi connectivity index (χ1) is 29.3. The number of para-hydroxylation sites is 5. The van der Waals surface area contributed by atoms with Gasteiger partial charge in [0.1, 0.15) is 5.82 Å². The fraction of sp³-hybridized carbons (Fsp3) is 0. The van der Waals surface area contributed by atoms with Crippen LogP contribution < -0.4 is 0 Å². The van der Waals surface area contributed by atoms with Crippen molar-refractivity contribution in [1.29, 1.82) is 0 Å². The molecule has 12 rings (SSSR count). The lowest BCUT2D eigenvalue weighted by molar-refractivity contribution is 1.07. The van der Waals surface area contributed by atoms with Gasteiger partial charge in [-0.2, -0.15) is 0 Å². The molecule has 6 nitrogen and oxygen atoms in total. The summed E-state index contributed by atoms with van der Waals surface area (Å²) in [5.74, 6) is 2.74. The molecule has 0 fully saturated rings. The second kappa shape index (κ2) is 13.4. The molecule has 0 aliphatic rings. The van der Waals surface area contributed by atoms with Crippen molar-refractivity contribution in [3.05, 3.63) is 194 Å². The lowest BCUT2D eigenvalue weighted by Gasteiger charge is -2.13. The number of thiophene rings is 1. The molecular formula is C52H32N6S. The van der Waals surface area contributed by atoms with Crippen LogP contribution in [-0.2, 0) is 0 Å². The van der Waals surface area contributed by atoms with Crippen LogP contribution in [0.15, 0.2) is 194 Å². The molecule has 0 unspecified atom stereocenters. The summed E-state index contributed by atoms with van der Waals surface area (Å²) >= 11 is 1.78. The number of fused-ring (bicyclic) bond motifs is 7. The minimum absolute atomic E-state index is 0.610. The molecule has 0 amide bonds. The summed E-state index contributed by atoms with van der Waals surface area (Å²) in [6, 6.07) is 67.7. The molecule has 0 N–H and O–H groups in total. The third kappa shape index (κ3) is 5.40. The van der Waals surface area contributed by atoms with Gasteiger partial charge in [-0.25, -0.2) is 19.9 Å². The highest BCUT2D eigenvalue weighted by Crippen LogP contribution is 2.45. The fourth-order valence-electron chi connectivity index (χ4n) is 8.61. The third-order valence-electron chi connectivity index (χ3n) is 11.2. The van der Waals surface area contributed by atoms with Crippen molar-refractivity contribution >= 4 is 64.3 Å². The molecule has 0 radical (unpaired) electrons. The number of benzene rings is 8. The summed E-state index contributed by atoms with van der Waals surface area (Å²) in [4.78, 5) is 21.1. The number of nitrogens with zero attached hydrogens (tertiary/aromatic N) is 6. The standard InChI is InChI=1S/C52H32N6S/c1-3-16-33(17-4-1)49-54-50(34-18-13-21-36(32-34)57-42-27-10-7-22-37(42)38-23-8-11-28-43(38)57)56-51(55-49)39-24-14-30-45-47(39)48-40(25-15-31-46(48)59-45)52-53-41-26-9-12-29-44(41)58(52)35-19-5-2-6-20-35/h1-32H. The lowest BCUT2D eigenvalue weighted by atomic mass is 10.0. The van der Waals surface area contributed by atoms with Crippen LogP contribution in [0.2, 0.25) is 0 Å². The van der Waals surface area contributed by atoms with Gasteiger partial charge in [0.15, 0.2) is 17.5 Å². The highest BCUT2D eigenvalue weighted by Gasteiger charge is 2.22. The zero-order valence-electron chi connectivity index (χ0n) is 31.6. The van der Waals surface area contributed by atoms with Gasteiger partial charge >= 0.3 is 0 Å². The average Bonchev–Trinajstić information content (AvgIpc) is 4.00. The molecule has 8 aromatic carbocycles. The second-order valence-electron chi connectivity index (χ2n) is 14.6. The molecule has 0 saturated carbocycles. The Labute approximate surface area is 343 Å². The van der Waals surface area contributed by atoms with Gasteiger partial charge in [0, 0.05) is 64.6 Å². The van der Waals surface area contributed by atoms with Crippen LogP contribution in [0.5, 0.6) is 0 Å². The van der Waals surface area contributed by atoms with E-state index in [1.807, 2.05) is 18.2 Å². The summed E-state index contributed by atoms with van der Waals surface area (Å²) in [5.41, 5.74) is 10.2. The van der Waals surface area contributed by atoms with E-state index in [9.17, 15) is 0 Å². The van der Waals surface area contributed by atoms with Crippen molar-refractivity contribution in [2.45, 2.75) is 0 Å². The number of hydrogen-bond donors (Lipinski definition) is 0. The number of aromatic nitrogens is 6. The molecule has 4 aromatic heterocycles. The van der Waals surface area contributed by atoms with Gasteiger partial charge in [-0.05, 0) is 60.7 Å². The predicted octanol–water partition coefficient (Wildman–Crippen LogP) is 13.3. The zero-order valence-corrected chi connectivity index (χ0v) is 32.4. The minimum atomic E-state index is 0.610. The van der Waals surface area contributed by atoms with Gasteiger partial charge in [0.2, 0.25) is 0 Å². The second-order valence-corrected chi connectivity index (χ2v) is 15.7. The van der Waals surface area contributed by atoms with E-state index in [4.69, 9.17) is 19.9 Å². The number of rotatable bonds is 6. The number of imidazole rings is 1. The lowest BCUT2D eigenvalue weighted by Crippen LogP contribution is -2.01. The van der Waals surface area contributed by atoms with E-state index >= 15 is 0 Å². The molecule has 0 aliphatic carbocycles. The summed E-state index contributed by atoms with van der Waals surface area (Å²) in [6.07, 6.45) is 0. The first-order valence-electron chi connectivity index (χ1n) is 19.7. The Morgan fingerprint density at radius 1 is 0.356 bits per heavy atom. The van der Waals surface area contributed by atoms with Crippen molar-refractivity contribution in [3.63, 3.8) is 0 Å². The van der Waals surface area contributed by atoms with E-state index in [-0.39, 0.29) is 0 Å². The van der Waals surface area contributed by atoms with Crippen LogP contribution in [0.3, 0.4) is 0 Å². The smallest absolute Gasteiger partial charge is 0.164 e. The largest absolute Gasteiger partial charge is 0.309 e. The van der Waals surface area contributed by atoms with Crippen LogP contribution in [0, 0.1) is 0 Å². The van der Waals surface area contributed by atoms with E-state index in [0.29, 0.717) is 17.5 Å². The third-order valence-corrected chi connectivity index (χ3v) is 12.3. The molecule has 276 valence electrons. The summed E-state index contributed by atoms with van der Waals surface area (Å²) in [7, 11) is 0. The Morgan fingerprint density at radius 2 is 0.881 bits per heavy atom. The molecule has 12 aromatic rings. The summed E-state index contributed by atoms with van der Waals surface area (Å²) in [5, 5.41) is 4.67. The molecule has 0 atom stereocenters. The van der Waals surface area contributed by atoms with Crippen molar-refractivity contribution in [3.8, 4) is 56.9 Å². The molecule has 0 saturated heterocycles. The average molecular weight is 773 g/mol. The Balaban J connectivity index is 1.10. The number of hydrogen-bond acceptors (Lipinski definition) is 5. The van der Waals surface area contributed by atoms with Gasteiger partial charge in [-0.1, -0.05) is 133 Å². The topological polar surface area (TPSA) is 61.4 Å². The first kappa shape index (κ1) is 33.4. The highest BCUT2D eigenvalue weighted by molar-refractivity contribution is 7.26. The van der Waals surface area contributed by atoms with Crippen LogP contribution in [0.1, 0.15) is 0 Å². The Bertz CT molecular complexity index is 3510. The quantitative estimate of drug-likeness (QED) is 0.169. The molecule has 4 heterocycles. The van der Waals surface area contributed by atoms with E-state index < -0.39 is 0 Å². The maximum atomic E-state index is 5.34. The maximum Gasteiger partial charge on any atom is 0.164 e. The highest BCUT2D eigenvalue weighted by atomic mass is 32.1.